The molecule has 144 valence electrons. The van der Waals surface area contributed by atoms with Gasteiger partial charge in [-0.05, 0) is 42.4 Å². The number of hydrogen-bond donors (Lipinski definition) is 0. The number of ether oxygens (including phenoxy) is 1. The van der Waals surface area contributed by atoms with Gasteiger partial charge in [0.2, 0.25) is 0 Å². The molecule has 1 unspecified atom stereocenters. The Morgan fingerprint density at radius 2 is 2.00 bits per heavy atom. The molecule has 28 heavy (non-hydrogen) atoms. The fraction of sp³-hybridized carbons (Fsp3) is 0.375. The van der Waals surface area contributed by atoms with Crippen LogP contribution >= 0.6 is 11.6 Å². The molecule has 4 saturated heterocycles. The van der Waals surface area contributed by atoms with Gasteiger partial charge in [0, 0.05) is 29.2 Å². The first-order chi connectivity index (χ1) is 13.7. The molecule has 0 spiro atoms. The summed E-state index contributed by atoms with van der Waals surface area (Å²) in [5, 5.41) is 0.756. The lowest BCUT2D eigenvalue weighted by Crippen LogP contribution is -2.58. The first-order valence-corrected chi connectivity index (χ1v) is 10.4. The number of carbonyl (C=O) groups excluding carboxylic acids is 1. The molecule has 4 aliphatic heterocycles. The van der Waals surface area contributed by atoms with E-state index in [1.54, 1.807) is 0 Å². The van der Waals surface area contributed by atoms with E-state index in [9.17, 15) is 4.79 Å². The van der Waals surface area contributed by atoms with Crippen LogP contribution in [-0.2, 0) is 9.53 Å². The largest absolute Gasteiger partial charge is 0.469 e. The molecule has 3 nitrogen and oxygen atoms in total. The Kier molecular flexibility index (Phi) is 4.53. The second-order valence-electron chi connectivity index (χ2n) is 8.19. The molecule has 0 aromatic heterocycles. The van der Waals surface area contributed by atoms with E-state index in [0.717, 1.165) is 41.1 Å². The normalized spacial score (nSPS) is 31.9. The van der Waals surface area contributed by atoms with E-state index in [1.807, 2.05) is 24.3 Å². The molecule has 4 heteroatoms. The molecule has 4 aliphatic rings. The van der Waals surface area contributed by atoms with Crippen LogP contribution in [0.2, 0.25) is 5.02 Å². The van der Waals surface area contributed by atoms with Gasteiger partial charge in [-0.25, -0.2) is 0 Å². The number of carbonyl (C=O) groups is 1. The van der Waals surface area contributed by atoms with E-state index < -0.39 is 0 Å². The lowest BCUT2D eigenvalue weighted by atomic mass is 9.71. The van der Waals surface area contributed by atoms with Crippen molar-refractivity contribution in [2.24, 2.45) is 11.8 Å². The number of rotatable bonds is 3. The highest BCUT2D eigenvalue weighted by Crippen LogP contribution is 2.51. The van der Waals surface area contributed by atoms with Crippen molar-refractivity contribution in [2.45, 2.75) is 31.3 Å². The van der Waals surface area contributed by atoms with Crippen LogP contribution in [-0.4, -0.2) is 36.6 Å². The van der Waals surface area contributed by atoms with Crippen LogP contribution in [0.1, 0.15) is 24.8 Å². The number of benzene rings is 2. The Balaban J connectivity index is 1.46. The number of piperidine rings is 3. The van der Waals surface area contributed by atoms with Gasteiger partial charge in [0.25, 0.3) is 0 Å². The monoisotopic (exact) mass is 393 g/mol. The van der Waals surface area contributed by atoms with Gasteiger partial charge in [0.1, 0.15) is 0 Å². The molecule has 2 aromatic rings. The minimum absolute atomic E-state index is 0.0252. The molecule has 5 atom stereocenters. The zero-order valence-electron chi connectivity index (χ0n) is 16.0. The third kappa shape index (κ3) is 2.89. The van der Waals surface area contributed by atoms with Crippen molar-refractivity contribution in [3.63, 3.8) is 0 Å². The molecular weight excluding hydrogens is 370 g/mol. The van der Waals surface area contributed by atoms with Crippen LogP contribution < -0.4 is 0 Å². The van der Waals surface area contributed by atoms with Gasteiger partial charge in [0.05, 0.1) is 13.0 Å². The number of nitrogens with zero attached hydrogens (tertiary/aromatic N) is 1. The highest BCUT2D eigenvalue weighted by atomic mass is 35.5. The second-order valence-corrected chi connectivity index (χ2v) is 8.59. The summed E-state index contributed by atoms with van der Waals surface area (Å²) in [5.74, 6) is 0.216. The van der Waals surface area contributed by atoms with Gasteiger partial charge in [-0.3, -0.25) is 9.69 Å². The molecule has 4 fully saturated rings. The topological polar surface area (TPSA) is 29.5 Å². The van der Waals surface area contributed by atoms with Crippen LogP contribution in [0.15, 0.2) is 54.1 Å². The van der Waals surface area contributed by atoms with Crippen molar-refractivity contribution in [1.82, 2.24) is 4.90 Å². The summed E-state index contributed by atoms with van der Waals surface area (Å²) < 4.78 is 5.16. The maximum atomic E-state index is 12.5. The zero-order chi connectivity index (χ0) is 19.3. The molecule has 0 amide bonds. The first-order valence-electron chi connectivity index (χ1n) is 10.0. The van der Waals surface area contributed by atoms with Gasteiger partial charge >= 0.3 is 5.97 Å². The second kappa shape index (κ2) is 7.06. The van der Waals surface area contributed by atoms with Crippen LogP contribution in [0.3, 0.4) is 0 Å². The molecular formula is C24H24ClNO2. The SMILES string of the molecule is COC(=O)[C@H]1[C@@H]2C[C@@H]3CC[C@H]1N3C/C2=C\c1ccc(-c2ccccc2)c(Cl)c1. The van der Waals surface area contributed by atoms with E-state index in [1.165, 1.54) is 19.1 Å². The minimum Gasteiger partial charge on any atom is -0.469 e. The van der Waals surface area contributed by atoms with Crippen molar-refractivity contribution in [1.29, 1.82) is 0 Å². The van der Waals surface area contributed by atoms with Crippen molar-refractivity contribution in [2.75, 3.05) is 13.7 Å². The van der Waals surface area contributed by atoms with Gasteiger partial charge in [-0.1, -0.05) is 65.7 Å². The fourth-order valence-electron chi connectivity index (χ4n) is 5.57. The lowest BCUT2D eigenvalue weighted by Gasteiger charge is -2.50. The Labute approximate surface area is 170 Å². The Morgan fingerprint density at radius 1 is 1.18 bits per heavy atom. The summed E-state index contributed by atoms with van der Waals surface area (Å²) in [6, 6.07) is 17.5. The Bertz CT molecular complexity index is 939. The molecule has 0 radical (unpaired) electrons. The minimum atomic E-state index is -0.0524. The van der Waals surface area contributed by atoms with E-state index in [2.05, 4.69) is 35.2 Å². The predicted octanol–water partition coefficient (Wildman–Crippen LogP) is 5.05. The first kappa shape index (κ1) is 18.0. The molecule has 4 heterocycles. The van der Waals surface area contributed by atoms with E-state index >= 15 is 0 Å². The standard InChI is InChI=1S/C24H24ClNO2/c1-28-24(27)23-20-13-18-8-10-22(23)26(18)14-17(20)11-15-7-9-19(21(25)12-15)16-5-3-2-4-6-16/h2-7,9,11-12,18,20,22-23H,8,10,13-14H2,1H3/b17-11+/t18-,20+,22+,23-/m0/s1. The van der Waals surface area contributed by atoms with Crippen LogP contribution in [0.25, 0.3) is 17.2 Å². The van der Waals surface area contributed by atoms with Crippen LogP contribution in [0, 0.1) is 11.8 Å². The summed E-state index contributed by atoms with van der Waals surface area (Å²) in [4.78, 5) is 15.0. The van der Waals surface area contributed by atoms with Crippen molar-refractivity contribution < 1.29 is 9.53 Å². The molecule has 4 bridgehead atoms. The predicted molar refractivity (Wildman–Crippen MR) is 112 cm³/mol. The average Bonchev–Trinajstić information content (AvgIpc) is 3.03. The van der Waals surface area contributed by atoms with Crippen molar-refractivity contribution >= 4 is 23.6 Å². The smallest absolute Gasteiger partial charge is 0.310 e. The summed E-state index contributed by atoms with van der Waals surface area (Å²) in [6.45, 7) is 0.964. The van der Waals surface area contributed by atoms with Crippen LogP contribution in [0.5, 0.6) is 0 Å². The maximum absolute atomic E-state index is 12.5. The zero-order valence-corrected chi connectivity index (χ0v) is 16.7. The molecule has 0 saturated carbocycles. The number of fused-ring (bicyclic) bond motifs is 1. The quantitative estimate of drug-likeness (QED) is 0.683. The van der Waals surface area contributed by atoms with Crippen molar-refractivity contribution in [3.8, 4) is 11.1 Å². The number of methoxy groups -OCH3 is 1. The number of esters is 1. The van der Waals surface area contributed by atoms with Gasteiger partial charge in [-0.15, -0.1) is 0 Å². The highest BCUT2D eigenvalue weighted by Gasteiger charge is 2.55. The molecule has 2 aromatic carbocycles. The lowest BCUT2D eigenvalue weighted by molar-refractivity contribution is -0.153. The summed E-state index contributed by atoms with van der Waals surface area (Å²) >= 11 is 6.60. The van der Waals surface area contributed by atoms with Gasteiger partial charge in [0.15, 0.2) is 0 Å². The third-order valence-corrected chi connectivity index (χ3v) is 7.12. The van der Waals surface area contributed by atoms with Gasteiger partial charge in [-0.2, -0.15) is 0 Å². The number of hydrogen-bond acceptors (Lipinski definition) is 3. The fourth-order valence-corrected chi connectivity index (χ4v) is 5.86. The Morgan fingerprint density at radius 3 is 2.75 bits per heavy atom. The molecule has 0 N–H and O–H groups in total. The molecule has 6 rings (SSSR count). The third-order valence-electron chi connectivity index (χ3n) is 6.81. The van der Waals surface area contributed by atoms with E-state index in [4.69, 9.17) is 16.3 Å². The van der Waals surface area contributed by atoms with E-state index in [0.29, 0.717) is 18.0 Å². The highest BCUT2D eigenvalue weighted by molar-refractivity contribution is 6.33. The van der Waals surface area contributed by atoms with E-state index in [-0.39, 0.29) is 11.9 Å². The van der Waals surface area contributed by atoms with Gasteiger partial charge < -0.3 is 4.74 Å². The Hall–Kier alpha value is -2.10. The van der Waals surface area contributed by atoms with Crippen molar-refractivity contribution in [3.05, 3.63) is 64.7 Å². The average molecular weight is 394 g/mol. The van der Waals surface area contributed by atoms with Crippen LogP contribution in [0.4, 0.5) is 0 Å². The summed E-state index contributed by atoms with van der Waals surface area (Å²) in [7, 11) is 1.51. The molecule has 0 aliphatic carbocycles. The number of halogens is 1. The maximum Gasteiger partial charge on any atom is 0.310 e. The summed E-state index contributed by atoms with van der Waals surface area (Å²) in [6.07, 6.45) is 5.63. The summed E-state index contributed by atoms with van der Waals surface area (Å²) in [5.41, 5.74) is 4.61.